The lowest BCUT2D eigenvalue weighted by atomic mass is 9.72. The van der Waals surface area contributed by atoms with Crippen LogP contribution in [0.2, 0.25) is 0 Å². The van der Waals surface area contributed by atoms with E-state index < -0.39 is 0 Å². The largest absolute Gasteiger partial charge is 0.0656 e. The third-order valence-corrected chi connectivity index (χ3v) is 1.71. The van der Waals surface area contributed by atoms with Gasteiger partial charge in [0.15, 0.2) is 0 Å². The molecule has 56 valence electrons. The van der Waals surface area contributed by atoms with E-state index in [1.165, 1.54) is 25.7 Å². The lowest BCUT2D eigenvalue weighted by Gasteiger charge is -2.33. The van der Waals surface area contributed by atoms with Crippen LogP contribution in [0.15, 0.2) is 0 Å². The molecule has 0 atom stereocenters. The van der Waals surface area contributed by atoms with Crippen molar-refractivity contribution in [3.05, 3.63) is 0 Å². The number of hydrogen-bond acceptors (Lipinski definition) is 0. The first-order valence-electron chi connectivity index (χ1n) is 4.12. The molecule has 0 unspecified atom stereocenters. The summed E-state index contributed by atoms with van der Waals surface area (Å²) in [5, 5.41) is 0. The van der Waals surface area contributed by atoms with Crippen LogP contribution >= 0.6 is 0 Å². The first kappa shape index (κ1) is 9.00. The molecule has 0 N–H and O–H groups in total. The van der Waals surface area contributed by atoms with Crippen LogP contribution in [0.25, 0.3) is 0 Å². The molecule has 1 aliphatic rings. The van der Waals surface area contributed by atoms with Crippen molar-refractivity contribution >= 4 is 0 Å². The highest BCUT2D eigenvalue weighted by Crippen LogP contribution is 2.38. The van der Waals surface area contributed by atoms with E-state index in [4.69, 9.17) is 0 Å². The maximum Gasteiger partial charge on any atom is -0.0354 e. The molecule has 0 aromatic carbocycles. The molecule has 0 aliphatic heterocycles. The second-order valence-electron chi connectivity index (χ2n) is 3.72. The highest BCUT2D eigenvalue weighted by Gasteiger charge is 2.24. The van der Waals surface area contributed by atoms with Gasteiger partial charge in [-0.2, -0.15) is 0 Å². The summed E-state index contributed by atoms with van der Waals surface area (Å²) in [5.74, 6) is 0. The molecular weight excluding hydrogens is 108 g/mol. The van der Waals surface area contributed by atoms with E-state index in [-0.39, 0.29) is 0 Å². The summed E-state index contributed by atoms with van der Waals surface area (Å²) in [5.41, 5.74) is 0.722. The van der Waals surface area contributed by atoms with Gasteiger partial charge < -0.3 is 0 Å². The summed E-state index contributed by atoms with van der Waals surface area (Å²) in [6.07, 6.45) is 5.62. The first-order valence-corrected chi connectivity index (χ1v) is 4.12. The molecule has 1 saturated carbocycles. The summed E-state index contributed by atoms with van der Waals surface area (Å²) in [6, 6.07) is 0. The summed E-state index contributed by atoms with van der Waals surface area (Å²) >= 11 is 0. The molecule has 0 nitrogen and oxygen atoms in total. The second kappa shape index (κ2) is 3.92. The molecule has 1 fully saturated rings. The van der Waals surface area contributed by atoms with Crippen molar-refractivity contribution in [3.8, 4) is 0 Å². The van der Waals surface area contributed by atoms with Crippen molar-refractivity contribution in [2.24, 2.45) is 5.41 Å². The molecule has 1 aliphatic carbocycles. The molecule has 0 saturated heterocycles. The van der Waals surface area contributed by atoms with Crippen LogP contribution in [0.5, 0.6) is 0 Å². The summed E-state index contributed by atoms with van der Waals surface area (Å²) in [7, 11) is 0. The third kappa shape index (κ3) is 4.50. The lowest BCUT2D eigenvalue weighted by Crippen LogP contribution is -2.20. The van der Waals surface area contributed by atoms with Crippen LogP contribution in [-0.2, 0) is 0 Å². The molecule has 1 rings (SSSR count). The fourth-order valence-corrected chi connectivity index (χ4v) is 0.884. The minimum absolute atomic E-state index is 0.722. The van der Waals surface area contributed by atoms with Gasteiger partial charge in [0.05, 0.1) is 0 Å². The van der Waals surface area contributed by atoms with Crippen LogP contribution in [0.4, 0.5) is 0 Å². The van der Waals surface area contributed by atoms with E-state index in [2.05, 4.69) is 27.7 Å². The molecule has 0 aromatic heterocycles. The Balaban J connectivity index is 0.000000187. The van der Waals surface area contributed by atoms with Crippen LogP contribution in [0.1, 0.15) is 53.4 Å². The third-order valence-electron chi connectivity index (χ3n) is 1.71. The van der Waals surface area contributed by atoms with E-state index in [0.717, 1.165) is 5.41 Å². The highest BCUT2D eigenvalue weighted by atomic mass is 14.3. The monoisotopic (exact) mass is 128 g/mol. The van der Waals surface area contributed by atoms with Gasteiger partial charge in [-0.05, 0) is 18.3 Å². The van der Waals surface area contributed by atoms with E-state index in [1.807, 2.05) is 0 Å². The number of rotatable bonds is 0. The van der Waals surface area contributed by atoms with Gasteiger partial charge >= 0.3 is 0 Å². The van der Waals surface area contributed by atoms with Gasteiger partial charge in [-0.1, -0.05) is 40.5 Å². The molecule has 0 bridgehead atoms. The van der Waals surface area contributed by atoms with Crippen molar-refractivity contribution in [2.75, 3.05) is 0 Å². The molecular formula is C9H20. The van der Waals surface area contributed by atoms with Crippen LogP contribution in [0.3, 0.4) is 0 Å². The minimum atomic E-state index is 0.722. The van der Waals surface area contributed by atoms with E-state index >= 15 is 0 Å². The van der Waals surface area contributed by atoms with E-state index in [0.29, 0.717) is 0 Å². The fourth-order valence-electron chi connectivity index (χ4n) is 0.884. The molecule has 0 radical (unpaired) electrons. The van der Waals surface area contributed by atoms with Gasteiger partial charge in [0, 0.05) is 0 Å². The molecule has 0 heteroatoms. The normalized spacial score (nSPS) is 21.3. The molecule has 0 heterocycles. The Labute approximate surface area is 59.7 Å². The smallest absolute Gasteiger partial charge is 0.0354 e. The van der Waals surface area contributed by atoms with Crippen molar-refractivity contribution in [1.82, 2.24) is 0 Å². The van der Waals surface area contributed by atoms with Gasteiger partial charge in [0.25, 0.3) is 0 Å². The van der Waals surface area contributed by atoms with Crippen molar-refractivity contribution < 1.29 is 0 Å². The maximum absolute atomic E-state index is 2.33. The Morgan fingerprint density at radius 2 is 1.33 bits per heavy atom. The van der Waals surface area contributed by atoms with Gasteiger partial charge in [0.2, 0.25) is 0 Å². The Hall–Kier alpha value is 0. The van der Waals surface area contributed by atoms with E-state index in [9.17, 15) is 0 Å². The van der Waals surface area contributed by atoms with Crippen molar-refractivity contribution in [3.63, 3.8) is 0 Å². The molecule has 9 heavy (non-hydrogen) atoms. The molecule has 0 amide bonds. The van der Waals surface area contributed by atoms with Gasteiger partial charge in [0.1, 0.15) is 0 Å². The van der Waals surface area contributed by atoms with Gasteiger partial charge in [-0.25, -0.2) is 0 Å². The predicted octanol–water partition coefficient (Wildman–Crippen LogP) is 3.61. The minimum Gasteiger partial charge on any atom is -0.0656 e. The summed E-state index contributed by atoms with van der Waals surface area (Å²) in [6.45, 7) is 8.91. The van der Waals surface area contributed by atoms with Crippen molar-refractivity contribution in [1.29, 1.82) is 0 Å². The zero-order valence-corrected chi connectivity index (χ0v) is 7.33. The van der Waals surface area contributed by atoms with E-state index in [1.54, 1.807) is 0 Å². The Kier molecular flexibility index (Phi) is 3.92. The SMILES string of the molecule is CC1(C)CCC1.CCC. The highest BCUT2D eigenvalue weighted by molar-refractivity contribution is 4.77. The second-order valence-corrected chi connectivity index (χ2v) is 3.72. The van der Waals surface area contributed by atoms with Crippen LogP contribution in [0, 0.1) is 5.41 Å². The topological polar surface area (TPSA) is 0 Å². The Bertz CT molecular complexity index is 56.4. The van der Waals surface area contributed by atoms with Crippen LogP contribution < -0.4 is 0 Å². The maximum atomic E-state index is 2.33. The van der Waals surface area contributed by atoms with Crippen molar-refractivity contribution in [2.45, 2.75) is 53.4 Å². The number of hydrogen-bond donors (Lipinski definition) is 0. The Morgan fingerprint density at radius 3 is 1.33 bits per heavy atom. The zero-order chi connectivity index (χ0) is 7.33. The molecule has 0 aromatic rings. The average molecular weight is 128 g/mol. The quantitative estimate of drug-likeness (QED) is 0.467. The standard InChI is InChI=1S/C6H12.C3H8/c1-6(2)4-3-5-6;1-3-2/h3-5H2,1-2H3;3H2,1-2H3. The Morgan fingerprint density at radius 1 is 1.11 bits per heavy atom. The van der Waals surface area contributed by atoms with Gasteiger partial charge in [-0.15, -0.1) is 0 Å². The zero-order valence-electron chi connectivity index (χ0n) is 7.33. The lowest BCUT2D eigenvalue weighted by molar-refractivity contribution is 0.190. The first-order chi connectivity index (χ1) is 4.12. The predicted molar refractivity (Wildman–Crippen MR) is 43.6 cm³/mol. The summed E-state index contributed by atoms with van der Waals surface area (Å²) in [4.78, 5) is 0. The molecule has 0 spiro atoms. The van der Waals surface area contributed by atoms with Gasteiger partial charge in [-0.3, -0.25) is 0 Å². The fraction of sp³-hybridized carbons (Fsp3) is 1.00. The van der Waals surface area contributed by atoms with Crippen LogP contribution in [-0.4, -0.2) is 0 Å². The summed E-state index contributed by atoms with van der Waals surface area (Å²) < 4.78 is 0. The average Bonchev–Trinajstić information content (AvgIpc) is 1.65.